The molecule has 0 amide bonds. The number of carbonyl (C=O) groups excluding carboxylic acids is 3. The van der Waals surface area contributed by atoms with E-state index in [-0.39, 0.29) is 31.1 Å². The molecule has 0 rings (SSSR count). The lowest BCUT2D eigenvalue weighted by Crippen LogP contribution is -2.30. The van der Waals surface area contributed by atoms with Crippen LogP contribution in [-0.4, -0.2) is 37.2 Å². The summed E-state index contributed by atoms with van der Waals surface area (Å²) in [5.41, 5.74) is 0. The first kappa shape index (κ1) is 56.9. The molecule has 0 aliphatic heterocycles. The molecular formula is C53H98O6. The van der Waals surface area contributed by atoms with Crippen molar-refractivity contribution in [1.82, 2.24) is 0 Å². The summed E-state index contributed by atoms with van der Waals surface area (Å²) < 4.78 is 16.8. The number of carbonyl (C=O) groups is 3. The van der Waals surface area contributed by atoms with E-state index in [4.69, 9.17) is 14.2 Å². The fourth-order valence-electron chi connectivity index (χ4n) is 7.53. The van der Waals surface area contributed by atoms with Crippen molar-refractivity contribution in [2.24, 2.45) is 0 Å². The fraction of sp³-hybridized carbons (Fsp3) is 0.868. The summed E-state index contributed by atoms with van der Waals surface area (Å²) in [5, 5.41) is 0. The van der Waals surface area contributed by atoms with Gasteiger partial charge in [0.05, 0.1) is 0 Å². The summed E-state index contributed by atoms with van der Waals surface area (Å²) in [4.78, 5) is 37.8. The molecule has 0 aromatic heterocycles. The lowest BCUT2D eigenvalue weighted by Gasteiger charge is -2.18. The van der Waals surface area contributed by atoms with Gasteiger partial charge in [-0.1, -0.05) is 231 Å². The van der Waals surface area contributed by atoms with E-state index in [1.807, 2.05) is 0 Å². The molecule has 0 aliphatic carbocycles. The molecule has 0 aromatic rings. The third-order valence-electron chi connectivity index (χ3n) is 11.5. The minimum absolute atomic E-state index is 0.0696. The van der Waals surface area contributed by atoms with E-state index in [2.05, 4.69) is 45.1 Å². The second-order valence-corrected chi connectivity index (χ2v) is 17.4. The van der Waals surface area contributed by atoms with Crippen LogP contribution in [0, 0.1) is 0 Å². The number of esters is 3. The Morgan fingerprint density at radius 2 is 0.610 bits per heavy atom. The number of hydrogen-bond donors (Lipinski definition) is 0. The lowest BCUT2D eigenvalue weighted by atomic mass is 10.0. The SMILES string of the molecule is CCCCC/C=C\C/C=C\CCCCCCCCCC(=O)OCC(COC(=O)CCCCCCCCCC)OC(=O)CCCCCCCCCCCCCCCCCC. The van der Waals surface area contributed by atoms with E-state index in [0.29, 0.717) is 19.3 Å². The van der Waals surface area contributed by atoms with E-state index in [0.717, 1.165) is 70.6 Å². The maximum Gasteiger partial charge on any atom is 0.306 e. The molecule has 0 fully saturated rings. The van der Waals surface area contributed by atoms with Crippen LogP contribution in [0.2, 0.25) is 0 Å². The molecular weight excluding hydrogens is 733 g/mol. The summed E-state index contributed by atoms with van der Waals surface area (Å²) in [7, 11) is 0. The highest BCUT2D eigenvalue weighted by atomic mass is 16.6. The molecule has 1 atom stereocenters. The normalized spacial score (nSPS) is 12.1. The van der Waals surface area contributed by atoms with Gasteiger partial charge in [0.25, 0.3) is 0 Å². The molecule has 0 spiro atoms. The first-order valence-corrected chi connectivity index (χ1v) is 25.8. The molecule has 0 bridgehead atoms. The Labute approximate surface area is 366 Å². The van der Waals surface area contributed by atoms with Gasteiger partial charge in [0.1, 0.15) is 13.2 Å². The van der Waals surface area contributed by atoms with Crippen LogP contribution in [0.25, 0.3) is 0 Å². The minimum Gasteiger partial charge on any atom is -0.462 e. The molecule has 0 saturated heterocycles. The van der Waals surface area contributed by atoms with Gasteiger partial charge in [-0.05, 0) is 51.4 Å². The molecule has 346 valence electrons. The zero-order valence-electron chi connectivity index (χ0n) is 39.5. The first-order valence-electron chi connectivity index (χ1n) is 25.8. The third-order valence-corrected chi connectivity index (χ3v) is 11.5. The predicted octanol–water partition coefficient (Wildman–Crippen LogP) is 16.8. The zero-order valence-corrected chi connectivity index (χ0v) is 39.5. The van der Waals surface area contributed by atoms with E-state index in [9.17, 15) is 14.4 Å². The molecule has 6 nitrogen and oxygen atoms in total. The van der Waals surface area contributed by atoms with E-state index < -0.39 is 6.10 Å². The molecule has 0 N–H and O–H groups in total. The highest BCUT2D eigenvalue weighted by Gasteiger charge is 2.19. The molecule has 0 aromatic carbocycles. The second-order valence-electron chi connectivity index (χ2n) is 17.4. The molecule has 6 heteroatoms. The fourth-order valence-corrected chi connectivity index (χ4v) is 7.53. The van der Waals surface area contributed by atoms with Crippen molar-refractivity contribution in [3.63, 3.8) is 0 Å². The predicted molar refractivity (Wildman–Crippen MR) is 252 cm³/mol. The molecule has 59 heavy (non-hydrogen) atoms. The second kappa shape index (κ2) is 48.6. The van der Waals surface area contributed by atoms with Gasteiger partial charge in [-0.2, -0.15) is 0 Å². The minimum atomic E-state index is -0.767. The Morgan fingerprint density at radius 3 is 0.966 bits per heavy atom. The highest BCUT2D eigenvalue weighted by Crippen LogP contribution is 2.16. The number of rotatable bonds is 47. The van der Waals surface area contributed by atoms with Crippen LogP contribution in [0.5, 0.6) is 0 Å². The van der Waals surface area contributed by atoms with Crippen molar-refractivity contribution in [2.75, 3.05) is 13.2 Å². The van der Waals surface area contributed by atoms with Gasteiger partial charge in [0.2, 0.25) is 0 Å². The number of unbranched alkanes of at least 4 members (excludes halogenated alkanes) is 32. The summed E-state index contributed by atoms with van der Waals surface area (Å²) in [6.45, 7) is 6.61. The lowest BCUT2D eigenvalue weighted by molar-refractivity contribution is -0.167. The van der Waals surface area contributed by atoms with Crippen molar-refractivity contribution in [2.45, 2.75) is 284 Å². The van der Waals surface area contributed by atoms with Gasteiger partial charge < -0.3 is 14.2 Å². The summed E-state index contributed by atoms with van der Waals surface area (Å²) in [5.74, 6) is -0.868. The Hall–Kier alpha value is -2.11. The molecule has 1 unspecified atom stereocenters. The van der Waals surface area contributed by atoms with Crippen molar-refractivity contribution < 1.29 is 28.6 Å². The van der Waals surface area contributed by atoms with Crippen LogP contribution < -0.4 is 0 Å². The Balaban J connectivity index is 4.27. The Kier molecular flexibility index (Phi) is 46.8. The van der Waals surface area contributed by atoms with E-state index in [1.54, 1.807) is 0 Å². The van der Waals surface area contributed by atoms with Crippen LogP contribution in [0.3, 0.4) is 0 Å². The first-order chi connectivity index (χ1) is 29.0. The van der Waals surface area contributed by atoms with Crippen molar-refractivity contribution >= 4 is 17.9 Å². The average molecular weight is 831 g/mol. The van der Waals surface area contributed by atoms with Crippen LogP contribution in [-0.2, 0) is 28.6 Å². The molecule has 0 heterocycles. The van der Waals surface area contributed by atoms with Crippen LogP contribution in [0.1, 0.15) is 278 Å². The van der Waals surface area contributed by atoms with Crippen LogP contribution >= 0.6 is 0 Å². The van der Waals surface area contributed by atoms with E-state index in [1.165, 1.54) is 167 Å². The number of allylic oxidation sites excluding steroid dienone is 4. The summed E-state index contributed by atoms with van der Waals surface area (Å²) >= 11 is 0. The zero-order chi connectivity index (χ0) is 43.0. The van der Waals surface area contributed by atoms with Gasteiger partial charge >= 0.3 is 17.9 Å². The standard InChI is InChI=1S/C53H98O6/c1-4-7-10-13-16-19-21-23-25-27-29-30-32-34-37-40-43-46-52(55)58-49-50(48-57-51(54)45-42-39-36-18-15-12-9-6-3)59-53(56)47-44-41-38-35-33-31-28-26-24-22-20-17-14-11-8-5-2/h16,19,23,25,50H,4-15,17-18,20-22,24,26-49H2,1-3H3/b19-16-,25-23-. The van der Waals surface area contributed by atoms with Crippen molar-refractivity contribution in [1.29, 1.82) is 0 Å². The molecule has 0 aliphatic rings. The van der Waals surface area contributed by atoms with Gasteiger partial charge in [-0.3, -0.25) is 14.4 Å². The molecule has 0 radical (unpaired) electrons. The number of ether oxygens (including phenoxy) is 3. The maximum atomic E-state index is 12.8. The van der Waals surface area contributed by atoms with Gasteiger partial charge in [-0.25, -0.2) is 0 Å². The quantitative estimate of drug-likeness (QED) is 0.0263. The van der Waals surface area contributed by atoms with Crippen molar-refractivity contribution in [3.05, 3.63) is 24.3 Å². The highest BCUT2D eigenvalue weighted by molar-refractivity contribution is 5.71. The van der Waals surface area contributed by atoms with Gasteiger partial charge in [-0.15, -0.1) is 0 Å². The van der Waals surface area contributed by atoms with Gasteiger partial charge in [0.15, 0.2) is 6.10 Å². The smallest absolute Gasteiger partial charge is 0.306 e. The van der Waals surface area contributed by atoms with Gasteiger partial charge in [0, 0.05) is 19.3 Å². The average Bonchev–Trinajstić information content (AvgIpc) is 3.23. The topological polar surface area (TPSA) is 78.9 Å². The Morgan fingerprint density at radius 1 is 0.339 bits per heavy atom. The maximum absolute atomic E-state index is 12.8. The van der Waals surface area contributed by atoms with Crippen molar-refractivity contribution in [3.8, 4) is 0 Å². The van der Waals surface area contributed by atoms with E-state index >= 15 is 0 Å². The largest absolute Gasteiger partial charge is 0.462 e. The third kappa shape index (κ3) is 46.8. The monoisotopic (exact) mass is 831 g/mol. The Bertz CT molecular complexity index is 958. The molecule has 0 saturated carbocycles. The summed E-state index contributed by atoms with van der Waals surface area (Å²) in [6.07, 6.45) is 54.5. The number of hydrogen-bond acceptors (Lipinski definition) is 6. The summed E-state index contributed by atoms with van der Waals surface area (Å²) in [6, 6.07) is 0. The van der Waals surface area contributed by atoms with Crippen LogP contribution in [0.15, 0.2) is 24.3 Å². The van der Waals surface area contributed by atoms with Crippen LogP contribution in [0.4, 0.5) is 0 Å².